The average molecular weight is 407 g/mol. The number of terminal acetylenes is 1. The number of nitrogens with one attached hydrogen (secondary N) is 2. The fourth-order valence-corrected chi connectivity index (χ4v) is 3.69. The van der Waals surface area contributed by atoms with Gasteiger partial charge in [0.15, 0.2) is 5.65 Å². The van der Waals surface area contributed by atoms with Crippen LogP contribution in [0.4, 0.5) is 0 Å². The number of hydrogen-bond donors (Lipinski definition) is 2. The molecule has 0 aliphatic heterocycles. The van der Waals surface area contributed by atoms with Crippen LogP contribution in [-0.2, 0) is 6.54 Å². The van der Waals surface area contributed by atoms with Gasteiger partial charge >= 0.3 is 0 Å². The number of allylic oxidation sites excluding steroid dienone is 2. The molecule has 7 heteroatoms. The van der Waals surface area contributed by atoms with Crippen LogP contribution in [0.15, 0.2) is 66.7 Å². The predicted molar refractivity (Wildman–Crippen MR) is 120 cm³/mol. The fourth-order valence-electron chi connectivity index (χ4n) is 3.69. The van der Waals surface area contributed by atoms with Crippen molar-refractivity contribution in [1.29, 1.82) is 0 Å². The summed E-state index contributed by atoms with van der Waals surface area (Å²) in [6.45, 7) is 2.56. The van der Waals surface area contributed by atoms with Crippen LogP contribution in [0.2, 0.25) is 0 Å². The van der Waals surface area contributed by atoms with Gasteiger partial charge in [-0.15, -0.1) is 6.42 Å². The van der Waals surface area contributed by atoms with E-state index in [0.29, 0.717) is 6.54 Å². The third-order valence-electron chi connectivity index (χ3n) is 5.24. The second kappa shape index (κ2) is 8.01. The maximum atomic E-state index is 5.55. The molecule has 0 saturated heterocycles. The number of rotatable bonds is 5. The summed E-state index contributed by atoms with van der Waals surface area (Å²) >= 11 is 0. The number of fused-ring (bicyclic) bond motifs is 1. The zero-order valence-electron chi connectivity index (χ0n) is 17.1. The molecular formula is C24H21N7. The van der Waals surface area contributed by atoms with E-state index < -0.39 is 0 Å². The molecule has 4 aromatic heterocycles. The SMILES string of the molecule is C#CC1=CC=CC(NCc2nc(-c3ccc4ncnn4c3)c(-c3cccc(C)n3)[nH]2)C1. The summed E-state index contributed by atoms with van der Waals surface area (Å²) in [7, 11) is 0. The smallest absolute Gasteiger partial charge is 0.155 e. The van der Waals surface area contributed by atoms with Gasteiger partial charge in [0, 0.05) is 29.1 Å². The Balaban J connectivity index is 1.49. The normalized spacial score (nSPS) is 15.7. The average Bonchev–Trinajstić information content (AvgIpc) is 3.44. The minimum absolute atomic E-state index is 0.177. The third kappa shape index (κ3) is 3.89. The molecule has 7 nitrogen and oxygen atoms in total. The van der Waals surface area contributed by atoms with Crippen LogP contribution in [0.5, 0.6) is 0 Å². The molecule has 1 atom stereocenters. The molecule has 0 fully saturated rings. The zero-order chi connectivity index (χ0) is 21.2. The molecule has 0 saturated carbocycles. The van der Waals surface area contributed by atoms with E-state index in [0.717, 1.165) is 51.8 Å². The van der Waals surface area contributed by atoms with Gasteiger partial charge in [0.1, 0.15) is 12.2 Å². The number of pyridine rings is 2. The van der Waals surface area contributed by atoms with E-state index in [1.165, 1.54) is 0 Å². The van der Waals surface area contributed by atoms with Crippen molar-refractivity contribution >= 4 is 5.65 Å². The highest BCUT2D eigenvalue weighted by atomic mass is 15.3. The maximum absolute atomic E-state index is 5.55. The molecule has 0 amide bonds. The monoisotopic (exact) mass is 407 g/mol. The molecule has 152 valence electrons. The molecule has 5 rings (SSSR count). The lowest BCUT2D eigenvalue weighted by molar-refractivity contribution is 0.576. The van der Waals surface area contributed by atoms with Gasteiger partial charge in [-0.25, -0.2) is 14.5 Å². The van der Waals surface area contributed by atoms with Crippen molar-refractivity contribution in [2.75, 3.05) is 0 Å². The number of aromatic amines is 1. The largest absolute Gasteiger partial charge is 0.339 e. The van der Waals surface area contributed by atoms with Gasteiger partial charge in [0.2, 0.25) is 0 Å². The fraction of sp³-hybridized carbons (Fsp3) is 0.167. The summed E-state index contributed by atoms with van der Waals surface area (Å²) in [5.41, 5.74) is 6.23. The molecule has 2 N–H and O–H groups in total. The number of aromatic nitrogens is 6. The molecule has 0 aromatic carbocycles. The van der Waals surface area contributed by atoms with Gasteiger partial charge in [0.05, 0.1) is 23.6 Å². The summed E-state index contributed by atoms with van der Waals surface area (Å²) in [4.78, 5) is 17.3. The quantitative estimate of drug-likeness (QED) is 0.495. The lowest BCUT2D eigenvalue weighted by Crippen LogP contribution is -2.28. The summed E-state index contributed by atoms with van der Waals surface area (Å²) in [6, 6.07) is 10.1. The van der Waals surface area contributed by atoms with Crippen molar-refractivity contribution < 1.29 is 0 Å². The number of H-pyrrole nitrogens is 1. The molecule has 0 spiro atoms. The van der Waals surface area contributed by atoms with E-state index in [1.807, 2.05) is 55.6 Å². The van der Waals surface area contributed by atoms with Crippen LogP contribution in [0.3, 0.4) is 0 Å². The van der Waals surface area contributed by atoms with E-state index in [1.54, 1.807) is 10.8 Å². The Morgan fingerprint density at radius 2 is 2.19 bits per heavy atom. The Morgan fingerprint density at radius 1 is 1.26 bits per heavy atom. The Bertz CT molecular complexity index is 1350. The number of imidazole rings is 1. The van der Waals surface area contributed by atoms with Crippen molar-refractivity contribution in [3.8, 4) is 35.0 Å². The zero-order valence-corrected chi connectivity index (χ0v) is 17.1. The first-order valence-corrected chi connectivity index (χ1v) is 10.1. The molecule has 4 heterocycles. The Labute approximate surface area is 180 Å². The Hall–Kier alpha value is -4.02. The molecular weight excluding hydrogens is 386 g/mol. The summed E-state index contributed by atoms with van der Waals surface area (Å²) in [5, 5.41) is 7.77. The van der Waals surface area contributed by atoms with Gasteiger partial charge in [-0.3, -0.25) is 4.98 Å². The Kier molecular flexibility index (Phi) is 4.90. The first kappa shape index (κ1) is 19.0. The van der Waals surface area contributed by atoms with Crippen LogP contribution < -0.4 is 5.32 Å². The standard InChI is InChI=1S/C24H21N7/c1-3-17-7-5-8-19(12-17)25-13-21-29-23(18-10-11-22-26-15-27-31(22)14-18)24(30-21)20-9-4-6-16(2)28-20/h1,4-11,14-15,19,25H,12-13H2,2H3,(H,29,30). The minimum atomic E-state index is 0.177. The van der Waals surface area contributed by atoms with Crippen molar-refractivity contribution in [1.82, 2.24) is 34.9 Å². The molecule has 4 aromatic rings. The third-order valence-corrected chi connectivity index (χ3v) is 5.24. The van der Waals surface area contributed by atoms with E-state index in [-0.39, 0.29) is 6.04 Å². The maximum Gasteiger partial charge on any atom is 0.155 e. The highest BCUT2D eigenvalue weighted by molar-refractivity contribution is 5.77. The number of hydrogen-bond acceptors (Lipinski definition) is 5. The van der Waals surface area contributed by atoms with Crippen LogP contribution in [0, 0.1) is 19.3 Å². The predicted octanol–water partition coefficient (Wildman–Crippen LogP) is 3.47. The summed E-state index contributed by atoms with van der Waals surface area (Å²) < 4.78 is 1.75. The first-order valence-electron chi connectivity index (χ1n) is 10.1. The van der Waals surface area contributed by atoms with Crippen LogP contribution >= 0.6 is 0 Å². The molecule has 0 bridgehead atoms. The molecule has 1 aliphatic carbocycles. The molecule has 1 unspecified atom stereocenters. The van der Waals surface area contributed by atoms with Crippen molar-refractivity contribution in [2.45, 2.75) is 25.9 Å². The lowest BCUT2D eigenvalue weighted by atomic mass is 10.0. The van der Waals surface area contributed by atoms with E-state index in [2.05, 4.69) is 32.4 Å². The molecule has 0 radical (unpaired) electrons. The second-order valence-corrected chi connectivity index (χ2v) is 7.46. The van der Waals surface area contributed by atoms with Crippen LogP contribution in [-0.4, -0.2) is 35.6 Å². The topological polar surface area (TPSA) is 83.8 Å². The lowest BCUT2D eigenvalue weighted by Gasteiger charge is -2.16. The molecule has 1 aliphatic rings. The highest BCUT2D eigenvalue weighted by Gasteiger charge is 2.17. The first-order chi connectivity index (χ1) is 15.2. The van der Waals surface area contributed by atoms with E-state index in [4.69, 9.17) is 16.4 Å². The van der Waals surface area contributed by atoms with Crippen molar-refractivity contribution in [3.05, 3.63) is 78.2 Å². The van der Waals surface area contributed by atoms with Gasteiger partial charge in [-0.1, -0.05) is 30.2 Å². The van der Waals surface area contributed by atoms with E-state index >= 15 is 0 Å². The summed E-state index contributed by atoms with van der Waals surface area (Å²) in [5.74, 6) is 3.56. The summed E-state index contributed by atoms with van der Waals surface area (Å²) in [6.07, 6.45) is 15.9. The minimum Gasteiger partial charge on any atom is -0.339 e. The van der Waals surface area contributed by atoms with Crippen molar-refractivity contribution in [2.24, 2.45) is 0 Å². The van der Waals surface area contributed by atoms with Gasteiger partial charge in [-0.05, 0) is 37.6 Å². The molecule has 31 heavy (non-hydrogen) atoms. The highest BCUT2D eigenvalue weighted by Crippen LogP contribution is 2.29. The van der Waals surface area contributed by atoms with Gasteiger partial charge < -0.3 is 10.3 Å². The number of nitrogens with zero attached hydrogens (tertiary/aromatic N) is 5. The second-order valence-electron chi connectivity index (χ2n) is 7.46. The number of aryl methyl sites for hydroxylation is 1. The van der Waals surface area contributed by atoms with Gasteiger partial charge in [0.25, 0.3) is 0 Å². The van der Waals surface area contributed by atoms with Crippen LogP contribution in [0.25, 0.3) is 28.3 Å². The Morgan fingerprint density at radius 3 is 3.06 bits per heavy atom. The van der Waals surface area contributed by atoms with Gasteiger partial charge in [-0.2, -0.15) is 5.10 Å². The van der Waals surface area contributed by atoms with Crippen LogP contribution in [0.1, 0.15) is 17.9 Å². The van der Waals surface area contributed by atoms with Crippen molar-refractivity contribution in [3.63, 3.8) is 0 Å². The van der Waals surface area contributed by atoms with E-state index in [9.17, 15) is 0 Å².